The summed E-state index contributed by atoms with van der Waals surface area (Å²) < 4.78 is 5.98. The quantitative estimate of drug-likeness (QED) is 0.938. The predicted molar refractivity (Wildman–Crippen MR) is 60.8 cm³/mol. The Morgan fingerprint density at radius 2 is 2.44 bits per heavy atom. The summed E-state index contributed by atoms with van der Waals surface area (Å²) in [6.07, 6.45) is 3.06. The summed E-state index contributed by atoms with van der Waals surface area (Å²) in [6.45, 7) is 0.426. The number of nitrogens with zero attached hydrogens (tertiary/aromatic N) is 2. The van der Waals surface area contributed by atoms with Crippen LogP contribution in [0.2, 0.25) is 0 Å². The third-order valence-corrected chi connectivity index (χ3v) is 2.54. The van der Waals surface area contributed by atoms with Gasteiger partial charge in [-0.15, -0.1) is 0 Å². The molecule has 0 unspecified atom stereocenters. The Morgan fingerprint density at radius 3 is 3.00 bits per heavy atom. The Kier molecular flexibility index (Phi) is 3.09. The lowest BCUT2D eigenvalue weighted by Gasteiger charge is -2.14. The van der Waals surface area contributed by atoms with Crippen molar-refractivity contribution in [1.82, 2.24) is 15.1 Å². The first-order chi connectivity index (χ1) is 7.66. The number of aromatic amines is 1. The first-order valence-electron chi connectivity index (χ1n) is 4.65. The Bertz CT molecular complexity index is 478. The van der Waals surface area contributed by atoms with Crippen molar-refractivity contribution in [3.8, 4) is 0 Å². The number of furan rings is 1. The number of hydrogen-bond donors (Lipinski definition) is 1. The van der Waals surface area contributed by atoms with Crippen molar-refractivity contribution in [1.29, 1.82) is 0 Å². The highest BCUT2D eigenvalue weighted by atomic mass is 79.9. The third kappa shape index (κ3) is 2.33. The molecule has 0 bridgehead atoms. The van der Waals surface area contributed by atoms with E-state index in [0.29, 0.717) is 16.8 Å². The summed E-state index contributed by atoms with van der Waals surface area (Å²) in [6, 6.07) is 3.62. The molecule has 0 radical (unpaired) electrons. The largest absolute Gasteiger partial charge is 0.452 e. The standard InChI is InChI=1S/C10H10BrN3O2/c1-14(6-8-2-3-9(11)16-8)10(15)7-4-12-13-5-7/h2-5H,6H2,1H3,(H,12,13). The maximum Gasteiger partial charge on any atom is 0.257 e. The van der Waals surface area contributed by atoms with Crippen LogP contribution < -0.4 is 0 Å². The zero-order chi connectivity index (χ0) is 11.5. The minimum atomic E-state index is -0.0960. The molecule has 1 amide bonds. The summed E-state index contributed by atoms with van der Waals surface area (Å²) in [4.78, 5) is 13.4. The molecule has 1 N–H and O–H groups in total. The number of hydrogen-bond acceptors (Lipinski definition) is 3. The van der Waals surface area contributed by atoms with Gasteiger partial charge in [-0.3, -0.25) is 9.89 Å². The van der Waals surface area contributed by atoms with Crippen molar-refractivity contribution in [3.63, 3.8) is 0 Å². The van der Waals surface area contributed by atoms with Crippen molar-refractivity contribution < 1.29 is 9.21 Å². The van der Waals surface area contributed by atoms with Crippen molar-refractivity contribution in [2.75, 3.05) is 7.05 Å². The van der Waals surface area contributed by atoms with Gasteiger partial charge in [0.05, 0.1) is 18.3 Å². The maximum atomic E-state index is 11.8. The zero-order valence-electron chi connectivity index (χ0n) is 8.61. The lowest BCUT2D eigenvalue weighted by Crippen LogP contribution is -2.25. The molecule has 2 aromatic rings. The normalized spacial score (nSPS) is 10.4. The number of nitrogens with one attached hydrogen (secondary N) is 1. The molecule has 6 heteroatoms. The van der Waals surface area contributed by atoms with E-state index < -0.39 is 0 Å². The summed E-state index contributed by atoms with van der Waals surface area (Å²) >= 11 is 3.21. The average molecular weight is 284 g/mol. The highest BCUT2D eigenvalue weighted by Crippen LogP contribution is 2.15. The Labute approximate surface area is 101 Å². The number of carbonyl (C=O) groups is 1. The van der Waals surface area contributed by atoms with Crippen LogP contribution in [0.25, 0.3) is 0 Å². The lowest BCUT2D eigenvalue weighted by atomic mass is 10.3. The molecular weight excluding hydrogens is 274 g/mol. The molecule has 0 aliphatic heterocycles. The summed E-state index contributed by atoms with van der Waals surface area (Å²) in [5.41, 5.74) is 0.535. The van der Waals surface area contributed by atoms with Gasteiger partial charge in [0.25, 0.3) is 5.91 Å². The van der Waals surface area contributed by atoms with Crippen LogP contribution in [0.1, 0.15) is 16.1 Å². The molecule has 0 aliphatic carbocycles. The molecule has 0 aromatic carbocycles. The van der Waals surface area contributed by atoms with E-state index in [1.807, 2.05) is 6.07 Å². The van der Waals surface area contributed by atoms with Gasteiger partial charge < -0.3 is 9.32 Å². The van der Waals surface area contributed by atoms with Gasteiger partial charge in [0.1, 0.15) is 5.76 Å². The predicted octanol–water partition coefficient (Wildman–Crippen LogP) is 2.04. The maximum absolute atomic E-state index is 11.8. The van der Waals surface area contributed by atoms with Gasteiger partial charge in [-0.05, 0) is 28.1 Å². The van der Waals surface area contributed by atoms with Gasteiger partial charge in [-0.25, -0.2) is 0 Å². The van der Waals surface area contributed by atoms with Crippen molar-refractivity contribution >= 4 is 21.8 Å². The highest BCUT2D eigenvalue weighted by molar-refractivity contribution is 9.10. The molecular formula is C10H10BrN3O2. The topological polar surface area (TPSA) is 62.1 Å². The van der Waals surface area contributed by atoms with E-state index in [2.05, 4.69) is 26.1 Å². The number of amides is 1. The smallest absolute Gasteiger partial charge is 0.257 e. The minimum absolute atomic E-state index is 0.0960. The van der Waals surface area contributed by atoms with E-state index in [-0.39, 0.29) is 5.91 Å². The van der Waals surface area contributed by atoms with E-state index in [9.17, 15) is 4.79 Å². The molecule has 0 saturated heterocycles. The van der Waals surface area contributed by atoms with Crippen LogP contribution >= 0.6 is 15.9 Å². The van der Waals surface area contributed by atoms with Crippen LogP contribution in [-0.4, -0.2) is 28.1 Å². The first-order valence-corrected chi connectivity index (χ1v) is 5.44. The molecule has 2 aromatic heterocycles. The van der Waals surface area contributed by atoms with Gasteiger partial charge >= 0.3 is 0 Å². The van der Waals surface area contributed by atoms with Gasteiger partial charge in [0, 0.05) is 13.2 Å². The highest BCUT2D eigenvalue weighted by Gasteiger charge is 2.14. The van der Waals surface area contributed by atoms with Gasteiger partial charge in [-0.2, -0.15) is 5.10 Å². The van der Waals surface area contributed by atoms with Crippen LogP contribution in [0.15, 0.2) is 33.6 Å². The molecule has 84 valence electrons. The van der Waals surface area contributed by atoms with E-state index in [1.165, 1.54) is 6.20 Å². The average Bonchev–Trinajstić information content (AvgIpc) is 2.88. The third-order valence-electron chi connectivity index (χ3n) is 2.11. The van der Waals surface area contributed by atoms with Gasteiger partial charge in [0.15, 0.2) is 4.67 Å². The second-order valence-corrected chi connectivity index (χ2v) is 4.14. The van der Waals surface area contributed by atoms with E-state index in [4.69, 9.17) is 4.42 Å². The van der Waals surface area contributed by atoms with Gasteiger partial charge in [-0.1, -0.05) is 0 Å². The molecule has 2 rings (SSSR count). The number of H-pyrrole nitrogens is 1. The van der Waals surface area contributed by atoms with Crippen LogP contribution in [-0.2, 0) is 6.54 Å². The molecule has 0 atom stereocenters. The Hall–Kier alpha value is -1.56. The van der Waals surface area contributed by atoms with E-state index in [1.54, 1.807) is 24.2 Å². The van der Waals surface area contributed by atoms with Gasteiger partial charge in [0.2, 0.25) is 0 Å². The monoisotopic (exact) mass is 283 g/mol. The molecule has 0 aliphatic rings. The zero-order valence-corrected chi connectivity index (χ0v) is 10.2. The van der Waals surface area contributed by atoms with Crippen molar-refractivity contribution in [3.05, 3.63) is 40.5 Å². The number of rotatable bonds is 3. The van der Waals surface area contributed by atoms with Crippen LogP contribution in [0.4, 0.5) is 0 Å². The number of aromatic nitrogens is 2. The second-order valence-electron chi connectivity index (χ2n) is 3.35. The Morgan fingerprint density at radius 1 is 1.62 bits per heavy atom. The van der Waals surface area contributed by atoms with Crippen molar-refractivity contribution in [2.45, 2.75) is 6.54 Å². The molecule has 16 heavy (non-hydrogen) atoms. The first kappa shape index (κ1) is 10.9. The summed E-state index contributed by atoms with van der Waals surface area (Å²) in [5, 5.41) is 6.34. The number of carbonyl (C=O) groups excluding carboxylic acids is 1. The van der Waals surface area contributed by atoms with E-state index >= 15 is 0 Å². The fraction of sp³-hybridized carbons (Fsp3) is 0.200. The van der Waals surface area contributed by atoms with Crippen LogP contribution in [0.5, 0.6) is 0 Å². The molecule has 0 saturated carbocycles. The summed E-state index contributed by atoms with van der Waals surface area (Å²) in [7, 11) is 1.71. The second kappa shape index (κ2) is 4.52. The molecule has 0 fully saturated rings. The SMILES string of the molecule is CN(Cc1ccc(Br)o1)C(=O)c1cn[nH]c1. The van der Waals surface area contributed by atoms with Crippen LogP contribution in [0, 0.1) is 0 Å². The molecule has 0 spiro atoms. The Balaban J connectivity index is 2.03. The van der Waals surface area contributed by atoms with E-state index in [0.717, 1.165) is 5.76 Å². The summed E-state index contributed by atoms with van der Waals surface area (Å²) in [5.74, 6) is 0.632. The van der Waals surface area contributed by atoms with Crippen LogP contribution in [0.3, 0.4) is 0 Å². The lowest BCUT2D eigenvalue weighted by molar-refractivity contribution is 0.0775. The fourth-order valence-corrected chi connectivity index (χ4v) is 1.67. The number of halogens is 1. The molecule has 5 nitrogen and oxygen atoms in total. The fourth-order valence-electron chi connectivity index (χ4n) is 1.33. The minimum Gasteiger partial charge on any atom is -0.452 e. The van der Waals surface area contributed by atoms with Crippen molar-refractivity contribution in [2.24, 2.45) is 0 Å². The molecule has 2 heterocycles.